The Morgan fingerprint density at radius 2 is 1.89 bits per heavy atom. The van der Waals surface area contributed by atoms with Crippen molar-refractivity contribution < 1.29 is 58.9 Å². The Morgan fingerprint density at radius 3 is 2.62 bits per heavy atom. The van der Waals surface area contributed by atoms with E-state index in [0.717, 1.165) is 32.1 Å². The molecule has 2 aromatic rings. The number of nitrogens with one attached hydrogen (secondary N) is 1. The number of rotatable bonds is 10. The molecular formula is C38H47N3O12. The van der Waals surface area contributed by atoms with Gasteiger partial charge in [-0.15, -0.1) is 0 Å². The van der Waals surface area contributed by atoms with Crippen LogP contribution in [-0.4, -0.2) is 105 Å². The van der Waals surface area contributed by atoms with E-state index in [1.54, 1.807) is 6.92 Å². The Balaban J connectivity index is 1.33. The SMILES string of the molecule is COc1cccc2c1C(=O)c1c(O)c3c(c(O)c1C2=O)C[C@@](O)(/C(CO)=N\NC(=O)CCOC1/C=C/CCCCC1)C[C@@H]3OC1C[C@H](N)[C@H](O)[C@H](C)O1. The van der Waals surface area contributed by atoms with Crippen molar-refractivity contribution in [3.8, 4) is 17.2 Å². The van der Waals surface area contributed by atoms with Gasteiger partial charge in [-0.05, 0) is 32.3 Å². The molecular weight excluding hydrogens is 690 g/mol. The highest BCUT2D eigenvalue weighted by Crippen LogP contribution is 2.52. The van der Waals surface area contributed by atoms with Crippen molar-refractivity contribution in [2.45, 2.75) is 107 Å². The van der Waals surface area contributed by atoms with Crippen molar-refractivity contribution in [2.24, 2.45) is 10.8 Å². The zero-order valence-electron chi connectivity index (χ0n) is 29.7. The number of aliphatic hydroxyl groups is 3. The second kappa shape index (κ2) is 16.0. The van der Waals surface area contributed by atoms with Gasteiger partial charge in [0.15, 0.2) is 12.1 Å². The topological polar surface area (TPSA) is 240 Å². The van der Waals surface area contributed by atoms with Gasteiger partial charge < -0.3 is 50.2 Å². The second-order valence-electron chi connectivity index (χ2n) is 14.1. The molecule has 2 aromatic carbocycles. The summed E-state index contributed by atoms with van der Waals surface area (Å²) >= 11 is 0. The third kappa shape index (κ3) is 7.60. The number of aliphatic hydroxyl groups excluding tert-OH is 2. The predicted molar refractivity (Wildman–Crippen MR) is 189 cm³/mol. The van der Waals surface area contributed by atoms with Crippen LogP contribution in [0.4, 0.5) is 0 Å². The van der Waals surface area contributed by atoms with Crippen LogP contribution in [0.5, 0.6) is 17.2 Å². The summed E-state index contributed by atoms with van der Waals surface area (Å²) < 4.78 is 23.3. The lowest BCUT2D eigenvalue weighted by atomic mass is 9.71. The lowest BCUT2D eigenvalue weighted by Crippen LogP contribution is -2.53. The maximum atomic E-state index is 14.0. The molecule has 15 heteroatoms. The molecule has 0 saturated carbocycles. The quantitative estimate of drug-likeness (QED) is 0.0685. The lowest BCUT2D eigenvalue weighted by molar-refractivity contribution is -0.245. The van der Waals surface area contributed by atoms with Gasteiger partial charge in [0, 0.05) is 42.0 Å². The molecule has 1 aliphatic heterocycles. The number of ether oxygens (including phenoxy) is 4. The number of aromatic hydroxyl groups is 2. The number of nitrogens with two attached hydrogens (primary N) is 1. The highest BCUT2D eigenvalue weighted by molar-refractivity contribution is 6.31. The minimum atomic E-state index is -2.12. The third-order valence-electron chi connectivity index (χ3n) is 10.5. The molecule has 0 bridgehead atoms. The number of carbonyl (C=O) groups excluding carboxylic acids is 3. The fraction of sp³-hybridized carbons (Fsp3) is 0.526. The Kier molecular flexibility index (Phi) is 11.6. The number of benzene rings is 2. The number of allylic oxidation sites excluding steroid dienone is 1. The fourth-order valence-electron chi connectivity index (χ4n) is 7.65. The predicted octanol–water partition coefficient (Wildman–Crippen LogP) is 2.20. The summed E-state index contributed by atoms with van der Waals surface area (Å²) in [6.07, 6.45) is 3.97. The molecule has 1 fully saturated rings. The first-order chi connectivity index (χ1) is 25.4. The molecule has 1 amide bonds. The smallest absolute Gasteiger partial charge is 0.242 e. The van der Waals surface area contributed by atoms with Crippen molar-refractivity contribution in [3.63, 3.8) is 0 Å². The number of hydrogen-bond acceptors (Lipinski definition) is 14. The average molecular weight is 738 g/mol. The highest BCUT2D eigenvalue weighted by atomic mass is 16.7. The van der Waals surface area contributed by atoms with Gasteiger partial charge in [0.05, 0.1) is 73.6 Å². The number of hydrogen-bond donors (Lipinski definition) is 7. The van der Waals surface area contributed by atoms with Crippen molar-refractivity contribution >= 4 is 23.2 Å². The molecule has 286 valence electrons. The standard InChI is InChI=1S/C38H47N3O12/c1-19-33(44)23(39)15-28(52-19)53-25-17-38(49,26(18-42)40-41-27(43)13-14-51-20-9-6-4-3-5-7-10-20)16-22-30(25)37(48)32-31(35(22)46)34(45)21-11-8-12-24(50-2)29(21)36(32)47/h6,8-9,11-12,19-20,23,25,28,33,42,44,46,48-49H,3-5,7,10,13-18,39H2,1-2H3,(H,41,43)/b9-6+,40-26-/t19-,20?,23-,25-,28?,33+,38-/m0/s1. The molecule has 3 aliphatic carbocycles. The van der Waals surface area contributed by atoms with Crippen LogP contribution in [-0.2, 0) is 25.4 Å². The van der Waals surface area contributed by atoms with Crippen molar-refractivity contribution in [1.29, 1.82) is 0 Å². The summed E-state index contributed by atoms with van der Waals surface area (Å²) in [4.78, 5) is 40.6. The zero-order chi connectivity index (χ0) is 38.0. The average Bonchev–Trinajstić information content (AvgIpc) is 3.11. The summed E-state index contributed by atoms with van der Waals surface area (Å²) in [5.41, 5.74) is 4.76. The number of phenols is 2. The van der Waals surface area contributed by atoms with Crippen molar-refractivity contribution in [2.75, 3.05) is 20.3 Å². The van der Waals surface area contributed by atoms with Gasteiger partial charge in [-0.2, -0.15) is 5.10 Å². The van der Waals surface area contributed by atoms with Gasteiger partial charge in [-0.1, -0.05) is 37.1 Å². The number of methoxy groups -OCH3 is 1. The third-order valence-corrected chi connectivity index (χ3v) is 10.5. The van der Waals surface area contributed by atoms with E-state index in [-0.39, 0.29) is 59.3 Å². The number of phenolic OH excluding ortho intramolecular Hbond substituents is 2. The van der Waals surface area contributed by atoms with Gasteiger partial charge in [0.25, 0.3) is 0 Å². The lowest BCUT2D eigenvalue weighted by Gasteiger charge is -2.43. The summed E-state index contributed by atoms with van der Waals surface area (Å²) in [7, 11) is 1.33. The van der Waals surface area contributed by atoms with Crippen LogP contribution in [0.2, 0.25) is 0 Å². The molecule has 0 spiro atoms. The van der Waals surface area contributed by atoms with E-state index in [1.165, 1.54) is 25.3 Å². The maximum absolute atomic E-state index is 14.0. The van der Waals surface area contributed by atoms with Gasteiger partial charge in [0.1, 0.15) is 22.8 Å². The highest BCUT2D eigenvalue weighted by Gasteiger charge is 2.49. The first-order valence-corrected chi connectivity index (χ1v) is 18.0. The molecule has 15 nitrogen and oxygen atoms in total. The molecule has 1 saturated heterocycles. The van der Waals surface area contributed by atoms with Crippen molar-refractivity contribution in [3.05, 3.63) is 63.7 Å². The van der Waals surface area contributed by atoms with E-state index in [0.29, 0.717) is 0 Å². The van der Waals surface area contributed by atoms with Crippen molar-refractivity contribution in [1.82, 2.24) is 5.43 Å². The van der Waals surface area contributed by atoms with E-state index < -0.39 is 95.8 Å². The molecule has 2 unspecified atom stereocenters. The van der Waals surface area contributed by atoms with Crippen LogP contribution >= 0.6 is 0 Å². The Hall–Kier alpha value is -4.22. The van der Waals surface area contributed by atoms with Crippen LogP contribution in [0.1, 0.15) is 107 Å². The summed E-state index contributed by atoms with van der Waals surface area (Å²) in [5.74, 6) is -3.32. The van der Waals surface area contributed by atoms with Crippen LogP contribution < -0.4 is 15.9 Å². The van der Waals surface area contributed by atoms with Gasteiger partial charge in [0.2, 0.25) is 11.7 Å². The Labute approximate surface area is 306 Å². The summed E-state index contributed by atoms with van der Waals surface area (Å²) in [5, 5.41) is 60.7. The minimum Gasteiger partial charge on any atom is -0.507 e. The number of carbonyl (C=O) groups is 3. The van der Waals surface area contributed by atoms with E-state index in [4.69, 9.17) is 24.7 Å². The first kappa shape index (κ1) is 38.5. The second-order valence-corrected chi connectivity index (χ2v) is 14.1. The van der Waals surface area contributed by atoms with Gasteiger partial charge >= 0.3 is 0 Å². The van der Waals surface area contributed by atoms with E-state index in [2.05, 4.69) is 16.6 Å². The van der Waals surface area contributed by atoms with Crippen LogP contribution in [0.3, 0.4) is 0 Å². The molecule has 1 heterocycles. The number of fused-ring (bicyclic) bond motifs is 3. The summed E-state index contributed by atoms with van der Waals surface area (Å²) in [6.45, 7) is 0.881. The Bertz CT molecular complexity index is 1800. The Morgan fingerprint density at radius 1 is 1.11 bits per heavy atom. The van der Waals surface area contributed by atoms with Crippen LogP contribution in [0.15, 0.2) is 35.5 Å². The van der Waals surface area contributed by atoms with E-state index >= 15 is 0 Å². The molecule has 0 radical (unpaired) electrons. The van der Waals surface area contributed by atoms with E-state index in [9.17, 15) is 39.9 Å². The number of hydrazone groups is 1. The normalized spacial score (nSPS) is 29.3. The number of nitrogens with zero attached hydrogens (tertiary/aromatic N) is 1. The summed E-state index contributed by atoms with van der Waals surface area (Å²) in [6, 6.07) is 3.65. The molecule has 8 N–H and O–H groups in total. The number of ketones is 2. The van der Waals surface area contributed by atoms with Crippen LogP contribution in [0, 0.1) is 0 Å². The minimum absolute atomic E-state index is 0.00513. The van der Waals surface area contributed by atoms with Crippen LogP contribution in [0.25, 0.3) is 0 Å². The fourth-order valence-corrected chi connectivity index (χ4v) is 7.65. The largest absolute Gasteiger partial charge is 0.507 e. The molecule has 6 rings (SSSR count). The number of amides is 1. The monoisotopic (exact) mass is 737 g/mol. The van der Waals surface area contributed by atoms with Gasteiger partial charge in [-0.25, -0.2) is 5.43 Å². The van der Waals surface area contributed by atoms with E-state index in [1.807, 2.05) is 6.08 Å². The first-order valence-electron chi connectivity index (χ1n) is 18.0. The van der Waals surface area contributed by atoms with Gasteiger partial charge in [-0.3, -0.25) is 14.4 Å². The molecule has 0 aromatic heterocycles. The molecule has 53 heavy (non-hydrogen) atoms. The maximum Gasteiger partial charge on any atom is 0.242 e. The molecule has 4 aliphatic rings. The zero-order valence-corrected chi connectivity index (χ0v) is 29.7. The molecule has 7 atom stereocenters.